The van der Waals surface area contributed by atoms with E-state index in [1.54, 1.807) is 0 Å². The fourth-order valence-corrected chi connectivity index (χ4v) is 3.61. The molecule has 0 bridgehead atoms. The summed E-state index contributed by atoms with van der Waals surface area (Å²) >= 11 is 0. The van der Waals surface area contributed by atoms with E-state index >= 15 is 0 Å². The summed E-state index contributed by atoms with van der Waals surface area (Å²) in [4.78, 5) is 29.4. The minimum Gasteiger partial charge on any atom is -0.339 e. The summed E-state index contributed by atoms with van der Waals surface area (Å²) in [7, 11) is 0. The number of nitrogens with zero attached hydrogens (tertiary/aromatic N) is 2. The molecule has 0 radical (unpaired) electrons. The van der Waals surface area contributed by atoms with Gasteiger partial charge >= 0.3 is 0 Å². The number of hydrogen-bond donors (Lipinski definition) is 1. The van der Waals surface area contributed by atoms with Crippen molar-refractivity contribution in [2.75, 3.05) is 38.0 Å². The van der Waals surface area contributed by atoms with Crippen LogP contribution in [0, 0.1) is 6.92 Å². The average molecular weight is 380 g/mol. The van der Waals surface area contributed by atoms with Gasteiger partial charge in [-0.2, -0.15) is 0 Å². The fraction of sp³-hybridized carbons (Fsp3) is 0.391. The van der Waals surface area contributed by atoms with Gasteiger partial charge in [0.25, 0.3) is 0 Å². The number of nitrogens with one attached hydrogen (secondary N) is 1. The summed E-state index contributed by atoms with van der Waals surface area (Å²) in [6.45, 7) is 9.01. The van der Waals surface area contributed by atoms with Crippen LogP contribution >= 0.6 is 0 Å². The zero-order chi connectivity index (χ0) is 20.1. The van der Waals surface area contributed by atoms with E-state index in [2.05, 4.69) is 10.2 Å². The summed E-state index contributed by atoms with van der Waals surface area (Å²) in [6, 6.07) is 17.7. The molecular weight excluding hydrogens is 350 g/mol. The van der Waals surface area contributed by atoms with E-state index < -0.39 is 5.41 Å². The standard InChI is InChI=1S/C23H29N3O2/c1-18-8-7-11-20(16-18)24-21(27)17-25-12-14-26(15-13-25)22(28)23(2,3)19-9-5-4-6-10-19/h4-11,16H,12-15,17H2,1-3H3,(H,24,27). The van der Waals surface area contributed by atoms with Gasteiger partial charge in [0.2, 0.25) is 11.8 Å². The van der Waals surface area contributed by atoms with Crippen molar-refractivity contribution < 1.29 is 9.59 Å². The lowest BCUT2D eigenvalue weighted by molar-refractivity contribution is -0.138. The van der Waals surface area contributed by atoms with Crippen molar-refractivity contribution in [1.29, 1.82) is 0 Å². The Hall–Kier alpha value is -2.66. The van der Waals surface area contributed by atoms with Gasteiger partial charge in [0.05, 0.1) is 12.0 Å². The molecular formula is C23H29N3O2. The molecule has 3 rings (SSSR count). The van der Waals surface area contributed by atoms with Crippen LogP contribution in [0.3, 0.4) is 0 Å². The highest BCUT2D eigenvalue weighted by Crippen LogP contribution is 2.26. The second kappa shape index (κ2) is 8.57. The van der Waals surface area contributed by atoms with Crippen molar-refractivity contribution in [1.82, 2.24) is 9.80 Å². The minimum atomic E-state index is -0.550. The number of benzene rings is 2. The van der Waals surface area contributed by atoms with Crippen molar-refractivity contribution >= 4 is 17.5 Å². The molecule has 2 aromatic carbocycles. The molecule has 0 aromatic heterocycles. The van der Waals surface area contributed by atoms with Gasteiger partial charge in [0.1, 0.15) is 0 Å². The van der Waals surface area contributed by atoms with Crippen LogP contribution in [0.25, 0.3) is 0 Å². The molecule has 5 nitrogen and oxygen atoms in total. The monoisotopic (exact) mass is 379 g/mol. The number of carbonyl (C=O) groups is 2. The fourth-order valence-electron chi connectivity index (χ4n) is 3.61. The Bertz CT molecular complexity index is 825. The second-order valence-electron chi connectivity index (χ2n) is 7.98. The number of piperazine rings is 1. The molecule has 5 heteroatoms. The molecule has 2 amide bonds. The highest BCUT2D eigenvalue weighted by Gasteiger charge is 2.35. The molecule has 0 aliphatic carbocycles. The number of carbonyl (C=O) groups excluding carboxylic acids is 2. The third-order valence-electron chi connectivity index (χ3n) is 5.36. The first-order valence-corrected chi connectivity index (χ1v) is 9.80. The van der Waals surface area contributed by atoms with Crippen LogP contribution in [-0.2, 0) is 15.0 Å². The van der Waals surface area contributed by atoms with Crippen LogP contribution in [0.1, 0.15) is 25.0 Å². The van der Waals surface area contributed by atoms with Gasteiger partial charge < -0.3 is 10.2 Å². The van der Waals surface area contributed by atoms with Crippen molar-refractivity contribution in [2.24, 2.45) is 0 Å². The summed E-state index contributed by atoms with van der Waals surface area (Å²) in [5.41, 5.74) is 2.42. The van der Waals surface area contributed by atoms with E-state index in [1.807, 2.05) is 80.3 Å². The van der Waals surface area contributed by atoms with Crippen LogP contribution in [-0.4, -0.2) is 54.3 Å². The number of rotatable bonds is 5. The Balaban J connectivity index is 1.51. The first kappa shape index (κ1) is 20.1. The Morgan fingerprint density at radius 1 is 0.964 bits per heavy atom. The number of anilines is 1. The van der Waals surface area contributed by atoms with Gasteiger partial charge in [-0.3, -0.25) is 14.5 Å². The van der Waals surface area contributed by atoms with Crippen molar-refractivity contribution in [3.63, 3.8) is 0 Å². The van der Waals surface area contributed by atoms with Gasteiger partial charge in [0.15, 0.2) is 0 Å². The van der Waals surface area contributed by atoms with E-state index in [0.29, 0.717) is 32.7 Å². The third-order valence-corrected chi connectivity index (χ3v) is 5.36. The summed E-state index contributed by atoms with van der Waals surface area (Å²) in [5.74, 6) is 0.123. The normalized spacial score (nSPS) is 15.3. The zero-order valence-corrected chi connectivity index (χ0v) is 16.9. The predicted molar refractivity (Wildman–Crippen MR) is 112 cm³/mol. The molecule has 0 spiro atoms. The van der Waals surface area contributed by atoms with Crippen LogP contribution in [0.4, 0.5) is 5.69 Å². The van der Waals surface area contributed by atoms with Gasteiger partial charge in [-0.1, -0.05) is 42.5 Å². The molecule has 1 fully saturated rings. The van der Waals surface area contributed by atoms with Crippen molar-refractivity contribution in [2.45, 2.75) is 26.2 Å². The summed E-state index contributed by atoms with van der Waals surface area (Å²) < 4.78 is 0. The molecule has 1 aliphatic heterocycles. The largest absolute Gasteiger partial charge is 0.339 e. The lowest BCUT2D eigenvalue weighted by Crippen LogP contribution is -2.54. The topological polar surface area (TPSA) is 52.7 Å². The van der Waals surface area contributed by atoms with Gasteiger partial charge in [-0.15, -0.1) is 0 Å². The molecule has 0 atom stereocenters. The molecule has 1 heterocycles. The third kappa shape index (κ3) is 4.78. The van der Waals surface area contributed by atoms with Crippen LogP contribution in [0.5, 0.6) is 0 Å². The first-order chi connectivity index (χ1) is 13.4. The minimum absolute atomic E-state index is 0.0185. The molecule has 1 saturated heterocycles. The molecule has 28 heavy (non-hydrogen) atoms. The highest BCUT2D eigenvalue weighted by molar-refractivity contribution is 5.92. The lowest BCUT2D eigenvalue weighted by Gasteiger charge is -2.38. The predicted octanol–water partition coefficient (Wildman–Crippen LogP) is 3.06. The van der Waals surface area contributed by atoms with Crippen molar-refractivity contribution in [3.05, 3.63) is 65.7 Å². The molecule has 1 N–H and O–H groups in total. The maximum absolute atomic E-state index is 13.1. The lowest BCUT2D eigenvalue weighted by atomic mass is 9.83. The number of amides is 2. The molecule has 0 unspecified atom stereocenters. The summed E-state index contributed by atoms with van der Waals surface area (Å²) in [5, 5.41) is 2.95. The second-order valence-corrected chi connectivity index (χ2v) is 7.98. The van der Waals surface area contributed by atoms with Gasteiger partial charge in [-0.25, -0.2) is 0 Å². The highest BCUT2D eigenvalue weighted by atomic mass is 16.2. The molecule has 1 aliphatic rings. The number of hydrogen-bond acceptors (Lipinski definition) is 3. The van der Waals surface area contributed by atoms with Crippen LogP contribution in [0.2, 0.25) is 0 Å². The zero-order valence-electron chi connectivity index (χ0n) is 16.9. The number of aryl methyl sites for hydroxylation is 1. The van der Waals surface area contributed by atoms with Gasteiger partial charge in [-0.05, 0) is 44.0 Å². The SMILES string of the molecule is Cc1cccc(NC(=O)CN2CCN(C(=O)C(C)(C)c3ccccc3)CC2)c1. The maximum atomic E-state index is 13.1. The quantitative estimate of drug-likeness (QED) is 0.869. The van der Waals surface area contributed by atoms with E-state index in [9.17, 15) is 9.59 Å². The molecule has 0 saturated carbocycles. The van der Waals surface area contributed by atoms with Gasteiger partial charge in [0, 0.05) is 31.9 Å². The van der Waals surface area contributed by atoms with Crippen LogP contribution in [0.15, 0.2) is 54.6 Å². The molecule has 148 valence electrons. The smallest absolute Gasteiger partial charge is 0.238 e. The maximum Gasteiger partial charge on any atom is 0.238 e. The Morgan fingerprint density at radius 3 is 2.29 bits per heavy atom. The first-order valence-electron chi connectivity index (χ1n) is 9.80. The Kier molecular flexibility index (Phi) is 6.15. The average Bonchev–Trinajstić information content (AvgIpc) is 2.68. The molecule has 2 aromatic rings. The van der Waals surface area contributed by atoms with Crippen LogP contribution < -0.4 is 5.32 Å². The van der Waals surface area contributed by atoms with E-state index in [1.165, 1.54) is 0 Å². The Labute approximate surface area is 167 Å². The van der Waals surface area contributed by atoms with E-state index in [4.69, 9.17) is 0 Å². The van der Waals surface area contributed by atoms with E-state index in [-0.39, 0.29) is 11.8 Å². The summed E-state index contributed by atoms with van der Waals surface area (Å²) in [6.07, 6.45) is 0. The van der Waals surface area contributed by atoms with Crippen molar-refractivity contribution in [3.8, 4) is 0 Å². The van der Waals surface area contributed by atoms with E-state index in [0.717, 1.165) is 16.8 Å². The Morgan fingerprint density at radius 2 is 1.64 bits per heavy atom.